The number of benzene rings is 2. The maximum atomic E-state index is 14.0. The molecule has 1 unspecified atom stereocenters. The summed E-state index contributed by atoms with van der Waals surface area (Å²) in [4.78, 5) is 15.9. The van der Waals surface area contributed by atoms with Gasteiger partial charge in [0.15, 0.2) is 9.84 Å². The molecule has 4 nitrogen and oxygen atoms in total. The first-order valence-electron chi connectivity index (χ1n) is 10.1. The summed E-state index contributed by atoms with van der Waals surface area (Å²) in [5.41, 5.74) is 1.58. The molecule has 1 aliphatic carbocycles. The van der Waals surface area contributed by atoms with Gasteiger partial charge in [-0.05, 0) is 30.4 Å². The molecule has 1 amide bonds. The van der Waals surface area contributed by atoms with Crippen molar-refractivity contribution in [3.8, 4) is 0 Å². The van der Waals surface area contributed by atoms with Crippen LogP contribution in [0, 0.1) is 0 Å². The average Bonchev–Trinajstić information content (AvgIpc) is 3.34. The zero-order chi connectivity index (χ0) is 19.6. The molecule has 1 saturated heterocycles. The van der Waals surface area contributed by atoms with Crippen molar-refractivity contribution in [1.29, 1.82) is 0 Å². The molecule has 0 spiro atoms. The number of carbonyl (C=O) groups is 1. The van der Waals surface area contributed by atoms with E-state index in [2.05, 4.69) is 12.1 Å². The number of amides is 1. The first-order valence-corrected chi connectivity index (χ1v) is 11.9. The quantitative estimate of drug-likeness (QED) is 0.773. The summed E-state index contributed by atoms with van der Waals surface area (Å²) < 4.78 is 24.3. The van der Waals surface area contributed by atoms with Gasteiger partial charge in [0.2, 0.25) is 5.91 Å². The van der Waals surface area contributed by atoms with Crippen LogP contribution in [0.3, 0.4) is 0 Å². The fourth-order valence-corrected chi connectivity index (χ4v) is 6.54. The molecule has 1 heterocycles. The zero-order valence-electron chi connectivity index (χ0n) is 16.1. The van der Waals surface area contributed by atoms with E-state index in [4.69, 9.17) is 0 Å². The summed E-state index contributed by atoms with van der Waals surface area (Å²) in [6, 6.07) is 19.7. The van der Waals surface area contributed by atoms with E-state index in [-0.39, 0.29) is 23.5 Å². The SMILES string of the molecule is O=C(N(Cc1ccccc1)C1CCS(=O)(=O)C1)C1(c2ccccc2)CCCC1. The topological polar surface area (TPSA) is 54.5 Å². The number of hydrogen-bond donors (Lipinski definition) is 0. The van der Waals surface area contributed by atoms with Gasteiger partial charge < -0.3 is 4.90 Å². The third-order valence-electron chi connectivity index (χ3n) is 6.30. The average molecular weight is 398 g/mol. The van der Waals surface area contributed by atoms with E-state index >= 15 is 0 Å². The minimum absolute atomic E-state index is 0.0798. The zero-order valence-corrected chi connectivity index (χ0v) is 16.9. The summed E-state index contributed by atoms with van der Waals surface area (Å²) in [7, 11) is -3.07. The Bertz CT molecular complexity index is 919. The monoisotopic (exact) mass is 397 g/mol. The maximum Gasteiger partial charge on any atom is 0.233 e. The molecule has 2 aliphatic rings. The predicted molar refractivity (Wildman–Crippen MR) is 111 cm³/mol. The molecule has 28 heavy (non-hydrogen) atoms. The first-order chi connectivity index (χ1) is 13.5. The van der Waals surface area contributed by atoms with Crippen LogP contribution < -0.4 is 0 Å². The fraction of sp³-hybridized carbons (Fsp3) is 0.435. The molecule has 0 bridgehead atoms. The van der Waals surface area contributed by atoms with Crippen LogP contribution in [0.5, 0.6) is 0 Å². The predicted octanol–water partition coefficient (Wildman–Crippen LogP) is 3.71. The molecule has 2 aromatic rings. The van der Waals surface area contributed by atoms with Gasteiger partial charge in [0.25, 0.3) is 0 Å². The lowest BCUT2D eigenvalue weighted by molar-refractivity contribution is -0.140. The molecule has 2 aromatic carbocycles. The van der Waals surface area contributed by atoms with Crippen molar-refractivity contribution in [2.75, 3.05) is 11.5 Å². The molecule has 0 N–H and O–H groups in total. The van der Waals surface area contributed by atoms with Gasteiger partial charge in [0.1, 0.15) is 0 Å². The van der Waals surface area contributed by atoms with Crippen LogP contribution in [0.2, 0.25) is 0 Å². The van der Waals surface area contributed by atoms with Crippen molar-refractivity contribution < 1.29 is 13.2 Å². The van der Waals surface area contributed by atoms with Crippen LogP contribution in [0.25, 0.3) is 0 Å². The second kappa shape index (κ2) is 7.70. The highest BCUT2D eigenvalue weighted by atomic mass is 32.2. The number of carbonyl (C=O) groups excluding carboxylic acids is 1. The summed E-state index contributed by atoms with van der Waals surface area (Å²) in [6.07, 6.45) is 4.26. The highest BCUT2D eigenvalue weighted by Crippen LogP contribution is 2.43. The van der Waals surface area contributed by atoms with E-state index in [1.807, 2.05) is 53.4 Å². The van der Waals surface area contributed by atoms with Crippen molar-refractivity contribution >= 4 is 15.7 Å². The van der Waals surface area contributed by atoms with E-state index < -0.39 is 15.3 Å². The highest BCUT2D eigenvalue weighted by Gasteiger charge is 2.47. The standard InChI is InChI=1S/C23H27NO3S/c25-22(23(14-7-8-15-23)20-11-5-2-6-12-20)24(17-19-9-3-1-4-10-19)21-13-16-28(26,27)18-21/h1-6,9-12,21H,7-8,13-18H2. The minimum atomic E-state index is -3.07. The van der Waals surface area contributed by atoms with E-state index in [0.717, 1.165) is 36.8 Å². The van der Waals surface area contributed by atoms with Crippen LogP contribution in [0.15, 0.2) is 60.7 Å². The van der Waals surface area contributed by atoms with Crippen LogP contribution in [-0.2, 0) is 26.6 Å². The molecule has 1 saturated carbocycles. The largest absolute Gasteiger partial charge is 0.334 e. The third kappa shape index (κ3) is 3.72. The van der Waals surface area contributed by atoms with Crippen LogP contribution in [0.4, 0.5) is 0 Å². The van der Waals surface area contributed by atoms with Crippen LogP contribution in [0.1, 0.15) is 43.2 Å². The first kappa shape index (κ1) is 19.2. The Balaban J connectivity index is 1.71. The molecular weight excluding hydrogens is 370 g/mol. The van der Waals surface area contributed by atoms with E-state index in [0.29, 0.717) is 13.0 Å². The summed E-state index contributed by atoms with van der Waals surface area (Å²) in [5, 5.41) is 0. The Morgan fingerprint density at radius 1 is 0.964 bits per heavy atom. The molecule has 0 aromatic heterocycles. The molecule has 1 aliphatic heterocycles. The maximum absolute atomic E-state index is 14.0. The Labute approximate surface area is 167 Å². The Morgan fingerprint density at radius 3 is 2.14 bits per heavy atom. The Kier molecular flexibility index (Phi) is 5.28. The van der Waals surface area contributed by atoms with E-state index in [1.54, 1.807) is 0 Å². The van der Waals surface area contributed by atoms with Crippen molar-refractivity contribution in [1.82, 2.24) is 4.90 Å². The normalized spacial score (nSPS) is 22.8. The van der Waals surface area contributed by atoms with E-state index in [9.17, 15) is 13.2 Å². The van der Waals surface area contributed by atoms with Gasteiger partial charge in [-0.3, -0.25) is 4.79 Å². The molecule has 2 fully saturated rings. The highest BCUT2D eigenvalue weighted by molar-refractivity contribution is 7.91. The van der Waals surface area contributed by atoms with Crippen molar-refractivity contribution in [2.45, 2.75) is 50.1 Å². The number of nitrogens with zero attached hydrogens (tertiary/aromatic N) is 1. The lowest BCUT2D eigenvalue weighted by atomic mass is 9.77. The van der Waals surface area contributed by atoms with Crippen LogP contribution in [-0.4, -0.2) is 36.8 Å². The summed E-state index contributed by atoms with van der Waals surface area (Å²) in [6.45, 7) is 0.467. The van der Waals surface area contributed by atoms with Gasteiger partial charge in [0, 0.05) is 12.6 Å². The summed E-state index contributed by atoms with van der Waals surface area (Å²) >= 11 is 0. The van der Waals surface area contributed by atoms with Crippen LogP contribution >= 0.6 is 0 Å². The van der Waals surface area contributed by atoms with Gasteiger partial charge in [-0.2, -0.15) is 0 Å². The molecular formula is C23H27NO3S. The number of rotatable bonds is 5. The van der Waals surface area contributed by atoms with Crippen molar-refractivity contribution in [3.63, 3.8) is 0 Å². The van der Waals surface area contributed by atoms with Crippen molar-refractivity contribution in [2.24, 2.45) is 0 Å². The molecule has 4 rings (SSSR count). The minimum Gasteiger partial charge on any atom is -0.334 e. The molecule has 0 radical (unpaired) electrons. The molecule has 1 atom stereocenters. The smallest absolute Gasteiger partial charge is 0.233 e. The summed E-state index contributed by atoms with van der Waals surface area (Å²) in [5.74, 6) is 0.354. The second-order valence-corrected chi connectivity index (χ2v) is 10.4. The van der Waals surface area contributed by atoms with Crippen molar-refractivity contribution in [3.05, 3.63) is 71.8 Å². The lowest BCUT2D eigenvalue weighted by Crippen LogP contribution is -2.50. The molecule has 148 valence electrons. The number of sulfone groups is 1. The van der Waals surface area contributed by atoms with Gasteiger partial charge in [-0.25, -0.2) is 8.42 Å². The fourth-order valence-electron chi connectivity index (χ4n) is 4.80. The third-order valence-corrected chi connectivity index (χ3v) is 8.05. The van der Waals surface area contributed by atoms with Gasteiger partial charge in [-0.1, -0.05) is 73.5 Å². The lowest BCUT2D eigenvalue weighted by Gasteiger charge is -2.38. The molecule has 5 heteroatoms. The van der Waals surface area contributed by atoms with Gasteiger partial charge >= 0.3 is 0 Å². The van der Waals surface area contributed by atoms with Gasteiger partial charge in [-0.15, -0.1) is 0 Å². The Hall–Kier alpha value is -2.14. The number of hydrogen-bond acceptors (Lipinski definition) is 3. The van der Waals surface area contributed by atoms with E-state index in [1.165, 1.54) is 0 Å². The Morgan fingerprint density at radius 2 is 1.57 bits per heavy atom. The second-order valence-electron chi connectivity index (χ2n) is 8.13. The van der Waals surface area contributed by atoms with Gasteiger partial charge in [0.05, 0.1) is 16.9 Å².